The summed E-state index contributed by atoms with van der Waals surface area (Å²) in [6.07, 6.45) is 11.0. The average Bonchev–Trinajstić information content (AvgIpc) is 2.32. The van der Waals surface area contributed by atoms with E-state index in [9.17, 15) is 0 Å². The SMILES string of the molecule is CCCC1CCC(C(CCC(C)C)NN)CC1. The summed E-state index contributed by atoms with van der Waals surface area (Å²) >= 11 is 0. The molecule has 0 bridgehead atoms. The summed E-state index contributed by atoms with van der Waals surface area (Å²) in [5, 5.41) is 0. The molecule has 1 aliphatic carbocycles. The second-order valence-electron chi connectivity index (χ2n) is 6.31. The summed E-state index contributed by atoms with van der Waals surface area (Å²) in [5.74, 6) is 8.35. The van der Waals surface area contributed by atoms with Crippen LogP contribution in [0.2, 0.25) is 0 Å². The third kappa shape index (κ3) is 5.39. The highest BCUT2D eigenvalue weighted by molar-refractivity contribution is 4.81. The number of hydrogen-bond donors (Lipinski definition) is 2. The fourth-order valence-electron chi connectivity index (χ4n) is 3.26. The van der Waals surface area contributed by atoms with Gasteiger partial charge in [0.2, 0.25) is 0 Å². The van der Waals surface area contributed by atoms with E-state index in [4.69, 9.17) is 5.84 Å². The van der Waals surface area contributed by atoms with Crippen molar-refractivity contribution in [3.05, 3.63) is 0 Å². The van der Waals surface area contributed by atoms with E-state index in [-0.39, 0.29) is 0 Å². The van der Waals surface area contributed by atoms with Gasteiger partial charge in [-0.05, 0) is 43.4 Å². The summed E-state index contributed by atoms with van der Waals surface area (Å²) < 4.78 is 0. The molecule has 3 N–H and O–H groups in total. The van der Waals surface area contributed by atoms with Gasteiger partial charge in [0.25, 0.3) is 0 Å². The molecule has 17 heavy (non-hydrogen) atoms. The van der Waals surface area contributed by atoms with Gasteiger partial charge >= 0.3 is 0 Å². The minimum absolute atomic E-state index is 0.556. The third-order valence-electron chi connectivity index (χ3n) is 4.43. The third-order valence-corrected chi connectivity index (χ3v) is 4.43. The lowest BCUT2D eigenvalue weighted by Crippen LogP contribution is -2.42. The van der Waals surface area contributed by atoms with Gasteiger partial charge in [0, 0.05) is 6.04 Å². The Labute approximate surface area is 108 Å². The van der Waals surface area contributed by atoms with Gasteiger partial charge in [-0.1, -0.05) is 46.5 Å². The normalized spacial score (nSPS) is 27.4. The predicted octanol–water partition coefficient (Wildman–Crippen LogP) is 3.86. The zero-order valence-corrected chi connectivity index (χ0v) is 12.0. The van der Waals surface area contributed by atoms with Crippen LogP contribution in [0.5, 0.6) is 0 Å². The molecule has 2 heteroatoms. The van der Waals surface area contributed by atoms with E-state index in [0.717, 1.165) is 17.8 Å². The molecule has 1 unspecified atom stereocenters. The summed E-state index contributed by atoms with van der Waals surface area (Å²) in [6, 6.07) is 0.556. The summed E-state index contributed by atoms with van der Waals surface area (Å²) in [6.45, 7) is 6.90. The molecule has 1 saturated carbocycles. The van der Waals surface area contributed by atoms with E-state index in [1.165, 1.54) is 51.4 Å². The van der Waals surface area contributed by atoms with Crippen molar-refractivity contribution in [3.8, 4) is 0 Å². The van der Waals surface area contributed by atoms with Gasteiger partial charge < -0.3 is 0 Å². The first-order chi connectivity index (χ1) is 8.17. The number of hydrazine groups is 1. The number of nitrogens with two attached hydrogens (primary N) is 1. The Bertz CT molecular complexity index is 183. The van der Waals surface area contributed by atoms with Gasteiger partial charge in [0.15, 0.2) is 0 Å². The van der Waals surface area contributed by atoms with Crippen molar-refractivity contribution in [1.82, 2.24) is 5.43 Å². The minimum Gasteiger partial charge on any atom is -0.271 e. The molecule has 0 heterocycles. The Balaban J connectivity index is 2.29. The molecular formula is C15H32N2. The standard InChI is InChI=1S/C15H32N2/c1-4-5-13-7-9-14(10-8-13)15(17-16)11-6-12(2)3/h12-15,17H,4-11,16H2,1-3H3. The van der Waals surface area contributed by atoms with Crippen molar-refractivity contribution < 1.29 is 0 Å². The topological polar surface area (TPSA) is 38.0 Å². The first-order valence-corrected chi connectivity index (χ1v) is 7.63. The highest BCUT2D eigenvalue weighted by Crippen LogP contribution is 2.34. The van der Waals surface area contributed by atoms with Crippen molar-refractivity contribution in [2.75, 3.05) is 0 Å². The molecule has 1 rings (SSSR count). The zero-order valence-electron chi connectivity index (χ0n) is 12.0. The maximum Gasteiger partial charge on any atom is 0.0238 e. The van der Waals surface area contributed by atoms with Crippen LogP contribution in [-0.2, 0) is 0 Å². The van der Waals surface area contributed by atoms with Crippen LogP contribution in [0, 0.1) is 17.8 Å². The Morgan fingerprint density at radius 1 is 1.12 bits per heavy atom. The highest BCUT2D eigenvalue weighted by atomic mass is 15.2. The molecule has 0 amide bonds. The molecule has 0 spiro atoms. The predicted molar refractivity (Wildman–Crippen MR) is 75.5 cm³/mol. The van der Waals surface area contributed by atoms with Crippen LogP contribution in [0.1, 0.15) is 72.1 Å². The summed E-state index contributed by atoms with van der Waals surface area (Å²) in [5.41, 5.74) is 3.07. The monoisotopic (exact) mass is 240 g/mol. The fourth-order valence-corrected chi connectivity index (χ4v) is 3.26. The Kier molecular flexibility index (Phi) is 7.14. The average molecular weight is 240 g/mol. The van der Waals surface area contributed by atoms with Crippen molar-refractivity contribution >= 4 is 0 Å². The van der Waals surface area contributed by atoms with Crippen molar-refractivity contribution in [2.24, 2.45) is 23.6 Å². The lowest BCUT2D eigenvalue weighted by molar-refractivity contribution is 0.203. The summed E-state index contributed by atoms with van der Waals surface area (Å²) in [4.78, 5) is 0. The number of rotatable bonds is 7. The Hall–Kier alpha value is -0.0800. The Morgan fingerprint density at radius 2 is 1.76 bits per heavy atom. The molecule has 1 atom stereocenters. The van der Waals surface area contributed by atoms with Gasteiger partial charge in [0.1, 0.15) is 0 Å². The van der Waals surface area contributed by atoms with Crippen LogP contribution in [0.4, 0.5) is 0 Å². The number of hydrogen-bond acceptors (Lipinski definition) is 2. The van der Waals surface area contributed by atoms with E-state index in [0.29, 0.717) is 6.04 Å². The quantitative estimate of drug-likeness (QED) is 0.524. The first-order valence-electron chi connectivity index (χ1n) is 7.63. The van der Waals surface area contributed by atoms with Crippen LogP contribution in [0.25, 0.3) is 0 Å². The van der Waals surface area contributed by atoms with Gasteiger partial charge in [-0.3, -0.25) is 11.3 Å². The van der Waals surface area contributed by atoms with Crippen LogP contribution in [0.15, 0.2) is 0 Å². The van der Waals surface area contributed by atoms with Gasteiger partial charge in [-0.2, -0.15) is 0 Å². The zero-order chi connectivity index (χ0) is 12.7. The maximum absolute atomic E-state index is 5.73. The van der Waals surface area contributed by atoms with Crippen LogP contribution in [0.3, 0.4) is 0 Å². The largest absolute Gasteiger partial charge is 0.271 e. The lowest BCUT2D eigenvalue weighted by atomic mass is 9.76. The van der Waals surface area contributed by atoms with E-state index in [2.05, 4.69) is 26.2 Å². The molecule has 1 fully saturated rings. The second kappa shape index (κ2) is 8.10. The van der Waals surface area contributed by atoms with Gasteiger partial charge in [-0.25, -0.2) is 0 Å². The Morgan fingerprint density at radius 3 is 2.24 bits per heavy atom. The van der Waals surface area contributed by atoms with E-state index >= 15 is 0 Å². The van der Waals surface area contributed by atoms with Crippen molar-refractivity contribution in [3.63, 3.8) is 0 Å². The molecule has 0 aromatic rings. The van der Waals surface area contributed by atoms with Crippen molar-refractivity contribution in [1.29, 1.82) is 0 Å². The number of nitrogens with one attached hydrogen (secondary N) is 1. The minimum atomic E-state index is 0.556. The van der Waals surface area contributed by atoms with Crippen LogP contribution >= 0.6 is 0 Å². The van der Waals surface area contributed by atoms with Crippen molar-refractivity contribution in [2.45, 2.75) is 78.2 Å². The summed E-state index contributed by atoms with van der Waals surface area (Å²) in [7, 11) is 0. The second-order valence-corrected chi connectivity index (χ2v) is 6.31. The molecule has 0 aliphatic heterocycles. The highest BCUT2D eigenvalue weighted by Gasteiger charge is 2.26. The lowest BCUT2D eigenvalue weighted by Gasteiger charge is -2.34. The van der Waals surface area contributed by atoms with E-state index in [1.807, 2.05) is 0 Å². The van der Waals surface area contributed by atoms with Crippen LogP contribution < -0.4 is 11.3 Å². The molecule has 2 nitrogen and oxygen atoms in total. The molecule has 0 radical (unpaired) electrons. The molecule has 0 saturated heterocycles. The maximum atomic E-state index is 5.73. The molecule has 102 valence electrons. The van der Waals surface area contributed by atoms with Crippen LogP contribution in [-0.4, -0.2) is 6.04 Å². The smallest absolute Gasteiger partial charge is 0.0238 e. The fraction of sp³-hybridized carbons (Fsp3) is 1.00. The molecular weight excluding hydrogens is 208 g/mol. The molecule has 0 aromatic carbocycles. The van der Waals surface area contributed by atoms with E-state index < -0.39 is 0 Å². The molecule has 0 aromatic heterocycles. The first kappa shape index (κ1) is 15.0. The molecule has 1 aliphatic rings. The van der Waals surface area contributed by atoms with Gasteiger partial charge in [0.05, 0.1) is 0 Å². The van der Waals surface area contributed by atoms with E-state index in [1.54, 1.807) is 0 Å². The van der Waals surface area contributed by atoms with Gasteiger partial charge in [-0.15, -0.1) is 0 Å².